The zero-order valence-corrected chi connectivity index (χ0v) is 5.65. The smallest absolute Gasteiger partial charge is 0.0276 e. The maximum absolute atomic E-state index is 4.19. The summed E-state index contributed by atoms with van der Waals surface area (Å²) in [6.07, 6.45) is 3.96. The zero-order chi connectivity index (χ0) is 5.98. The van der Waals surface area contributed by atoms with E-state index in [1.807, 2.05) is 7.05 Å². The Morgan fingerprint density at radius 3 is 2.62 bits per heavy atom. The van der Waals surface area contributed by atoms with Crippen LogP contribution in [0.5, 0.6) is 0 Å². The van der Waals surface area contributed by atoms with Crippen molar-refractivity contribution >= 4 is 5.71 Å². The van der Waals surface area contributed by atoms with Crippen LogP contribution in [0.1, 0.15) is 26.2 Å². The van der Waals surface area contributed by atoms with Crippen molar-refractivity contribution in [3.05, 3.63) is 0 Å². The molecule has 1 rings (SSSR count). The van der Waals surface area contributed by atoms with Gasteiger partial charge in [0.15, 0.2) is 0 Å². The molecule has 0 aromatic rings. The molecular weight excluding hydrogens is 98.1 g/mol. The van der Waals surface area contributed by atoms with E-state index in [0.29, 0.717) is 0 Å². The third-order valence-corrected chi connectivity index (χ3v) is 1.93. The van der Waals surface area contributed by atoms with Crippen LogP contribution in [0.15, 0.2) is 4.99 Å². The molecular formula is C7H13N. The van der Waals surface area contributed by atoms with Crippen LogP contribution in [-0.2, 0) is 0 Å². The van der Waals surface area contributed by atoms with E-state index in [1.54, 1.807) is 0 Å². The second-order valence-corrected chi connectivity index (χ2v) is 2.51. The van der Waals surface area contributed by atoms with Gasteiger partial charge in [0.05, 0.1) is 0 Å². The molecule has 8 heavy (non-hydrogen) atoms. The lowest BCUT2D eigenvalue weighted by atomic mass is 10.1. The molecule has 1 heteroatoms. The topological polar surface area (TPSA) is 12.4 Å². The Morgan fingerprint density at radius 1 is 1.62 bits per heavy atom. The standard InChI is InChI=1S/C7H13N/c1-6-4-3-5-7(6)8-2/h6H,3-5H2,1-2H3. The van der Waals surface area contributed by atoms with Crippen LogP contribution in [0.4, 0.5) is 0 Å². The van der Waals surface area contributed by atoms with Gasteiger partial charge in [0, 0.05) is 12.8 Å². The van der Waals surface area contributed by atoms with Crippen LogP contribution >= 0.6 is 0 Å². The first kappa shape index (κ1) is 5.80. The Hall–Kier alpha value is -0.330. The number of hydrogen-bond donors (Lipinski definition) is 0. The molecule has 0 saturated heterocycles. The predicted molar refractivity (Wildman–Crippen MR) is 36.4 cm³/mol. The van der Waals surface area contributed by atoms with Gasteiger partial charge in [0.2, 0.25) is 0 Å². The summed E-state index contributed by atoms with van der Waals surface area (Å²) in [7, 11) is 1.90. The molecule has 0 aliphatic heterocycles. The number of rotatable bonds is 0. The summed E-state index contributed by atoms with van der Waals surface area (Å²) in [5.41, 5.74) is 1.42. The van der Waals surface area contributed by atoms with Crippen molar-refractivity contribution in [3.8, 4) is 0 Å². The second-order valence-electron chi connectivity index (χ2n) is 2.51. The second kappa shape index (κ2) is 2.29. The van der Waals surface area contributed by atoms with E-state index in [9.17, 15) is 0 Å². The third kappa shape index (κ3) is 0.908. The molecule has 0 amide bonds. The Bertz CT molecular complexity index is 105. The minimum absolute atomic E-state index is 0.778. The van der Waals surface area contributed by atoms with Crippen molar-refractivity contribution in [2.45, 2.75) is 26.2 Å². The lowest BCUT2D eigenvalue weighted by molar-refractivity contribution is 0.727. The van der Waals surface area contributed by atoms with E-state index < -0.39 is 0 Å². The first-order valence-electron chi connectivity index (χ1n) is 3.30. The molecule has 0 bridgehead atoms. The van der Waals surface area contributed by atoms with Gasteiger partial charge in [-0.2, -0.15) is 0 Å². The van der Waals surface area contributed by atoms with Gasteiger partial charge in [-0.3, -0.25) is 4.99 Å². The fourth-order valence-electron chi connectivity index (χ4n) is 1.33. The van der Waals surface area contributed by atoms with Crippen molar-refractivity contribution in [2.24, 2.45) is 10.9 Å². The molecule has 0 N–H and O–H groups in total. The average Bonchev–Trinajstić information content (AvgIpc) is 2.14. The van der Waals surface area contributed by atoms with E-state index in [4.69, 9.17) is 0 Å². The quantitative estimate of drug-likeness (QED) is 0.452. The molecule has 1 saturated carbocycles. The maximum atomic E-state index is 4.19. The van der Waals surface area contributed by atoms with Gasteiger partial charge in [0.1, 0.15) is 0 Å². The number of hydrogen-bond acceptors (Lipinski definition) is 1. The van der Waals surface area contributed by atoms with Crippen molar-refractivity contribution in [1.29, 1.82) is 0 Å². The minimum Gasteiger partial charge on any atom is -0.297 e. The van der Waals surface area contributed by atoms with Gasteiger partial charge in [-0.15, -0.1) is 0 Å². The first-order chi connectivity index (χ1) is 3.84. The molecule has 0 aromatic heterocycles. The molecule has 0 heterocycles. The lowest BCUT2D eigenvalue weighted by Gasteiger charge is -1.98. The van der Waals surface area contributed by atoms with Crippen LogP contribution in [0, 0.1) is 5.92 Å². The summed E-state index contributed by atoms with van der Waals surface area (Å²) < 4.78 is 0. The number of aliphatic imine (C=N–C) groups is 1. The highest BCUT2D eigenvalue weighted by Crippen LogP contribution is 2.21. The Balaban J connectivity index is 2.55. The van der Waals surface area contributed by atoms with Crippen LogP contribution in [0.3, 0.4) is 0 Å². The molecule has 0 radical (unpaired) electrons. The first-order valence-corrected chi connectivity index (χ1v) is 3.30. The SMILES string of the molecule is CN=C1CCCC1C. The predicted octanol–water partition coefficient (Wildman–Crippen LogP) is 1.88. The van der Waals surface area contributed by atoms with Crippen LogP contribution < -0.4 is 0 Å². The third-order valence-electron chi connectivity index (χ3n) is 1.93. The molecule has 1 aliphatic carbocycles. The Labute approximate surface area is 50.8 Å². The van der Waals surface area contributed by atoms with Crippen molar-refractivity contribution in [3.63, 3.8) is 0 Å². The van der Waals surface area contributed by atoms with Crippen LogP contribution in [0.2, 0.25) is 0 Å². The molecule has 1 unspecified atom stereocenters. The summed E-state index contributed by atoms with van der Waals surface area (Å²) in [6, 6.07) is 0. The van der Waals surface area contributed by atoms with Gasteiger partial charge >= 0.3 is 0 Å². The van der Waals surface area contributed by atoms with Crippen molar-refractivity contribution in [1.82, 2.24) is 0 Å². The van der Waals surface area contributed by atoms with Crippen molar-refractivity contribution in [2.75, 3.05) is 7.05 Å². The highest BCUT2D eigenvalue weighted by Gasteiger charge is 2.15. The van der Waals surface area contributed by atoms with Crippen LogP contribution in [-0.4, -0.2) is 12.8 Å². The van der Waals surface area contributed by atoms with E-state index in [1.165, 1.54) is 25.0 Å². The Morgan fingerprint density at radius 2 is 2.38 bits per heavy atom. The Kier molecular flexibility index (Phi) is 1.66. The summed E-state index contributed by atoms with van der Waals surface area (Å²) in [4.78, 5) is 4.19. The number of nitrogens with zero attached hydrogens (tertiary/aromatic N) is 1. The summed E-state index contributed by atoms with van der Waals surface area (Å²) in [5.74, 6) is 0.778. The average molecular weight is 111 g/mol. The fraction of sp³-hybridized carbons (Fsp3) is 0.857. The molecule has 0 spiro atoms. The zero-order valence-electron chi connectivity index (χ0n) is 5.65. The largest absolute Gasteiger partial charge is 0.297 e. The summed E-state index contributed by atoms with van der Waals surface area (Å²) in [5, 5.41) is 0. The fourth-order valence-corrected chi connectivity index (χ4v) is 1.33. The molecule has 1 atom stereocenters. The maximum Gasteiger partial charge on any atom is 0.0276 e. The van der Waals surface area contributed by atoms with E-state index in [-0.39, 0.29) is 0 Å². The molecule has 0 aromatic carbocycles. The van der Waals surface area contributed by atoms with Crippen molar-refractivity contribution < 1.29 is 0 Å². The molecule has 1 aliphatic rings. The lowest BCUT2D eigenvalue weighted by Crippen LogP contribution is -2.00. The monoisotopic (exact) mass is 111 g/mol. The summed E-state index contributed by atoms with van der Waals surface area (Å²) >= 11 is 0. The van der Waals surface area contributed by atoms with Gasteiger partial charge in [0.25, 0.3) is 0 Å². The van der Waals surface area contributed by atoms with Gasteiger partial charge in [-0.25, -0.2) is 0 Å². The molecule has 1 nitrogen and oxygen atoms in total. The minimum atomic E-state index is 0.778. The molecule has 46 valence electrons. The highest BCUT2D eigenvalue weighted by molar-refractivity contribution is 5.88. The van der Waals surface area contributed by atoms with Gasteiger partial charge < -0.3 is 0 Å². The van der Waals surface area contributed by atoms with E-state index >= 15 is 0 Å². The van der Waals surface area contributed by atoms with E-state index in [2.05, 4.69) is 11.9 Å². The van der Waals surface area contributed by atoms with Gasteiger partial charge in [-0.05, 0) is 25.2 Å². The van der Waals surface area contributed by atoms with Gasteiger partial charge in [-0.1, -0.05) is 6.92 Å². The summed E-state index contributed by atoms with van der Waals surface area (Å²) in [6.45, 7) is 2.26. The normalized spacial score (nSPS) is 34.2. The molecule has 1 fully saturated rings. The van der Waals surface area contributed by atoms with E-state index in [0.717, 1.165) is 5.92 Å². The van der Waals surface area contributed by atoms with Crippen LogP contribution in [0.25, 0.3) is 0 Å². The highest BCUT2D eigenvalue weighted by atomic mass is 14.7.